The first-order chi connectivity index (χ1) is 14.4. The highest BCUT2D eigenvalue weighted by atomic mass is 32.2. The van der Waals surface area contributed by atoms with Gasteiger partial charge in [-0.2, -0.15) is 0 Å². The lowest BCUT2D eigenvalue weighted by Crippen LogP contribution is -2.51. The topological polar surface area (TPSA) is 49.4 Å². The van der Waals surface area contributed by atoms with Crippen molar-refractivity contribution in [3.8, 4) is 0 Å². The van der Waals surface area contributed by atoms with Crippen LogP contribution in [0.5, 0.6) is 0 Å². The third-order valence-electron chi connectivity index (χ3n) is 5.40. The van der Waals surface area contributed by atoms with Gasteiger partial charge in [-0.3, -0.25) is 9.59 Å². The summed E-state index contributed by atoms with van der Waals surface area (Å²) in [4.78, 5) is 27.5. The van der Waals surface area contributed by atoms with Crippen molar-refractivity contribution in [3.05, 3.63) is 71.3 Å². The maximum Gasteiger partial charge on any atom is 0.242 e. The van der Waals surface area contributed by atoms with Crippen LogP contribution in [0.2, 0.25) is 0 Å². The lowest BCUT2D eigenvalue weighted by atomic mass is 10.1. The molecule has 0 saturated carbocycles. The van der Waals surface area contributed by atoms with Crippen molar-refractivity contribution in [3.63, 3.8) is 0 Å². The van der Waals surface area contributed by atoms with E-state index in [0.29, 0.717) is 12.3 Å². The number of hydrogen-bond donors (Lipinski definition) is 1. The second-order valence-corrected chi connectivity index (χ2v) is 8.72. The Morgan fingerprint density at radius 2 is 1.70 bits per heavy atom. The van der Waals surface area contributed by atoms with Crippen LogP contribution in [-0.2, 0) is 21.8 Å². The summed E-state index contributed by atoms with van der Waals surface area (Å²) in [6.45, 7) is 8.47. The molecule has 0 spiro atoms. The van der Waals surface area contributed by atoms with E-state index in [0.717, 1.165) is 24.2 Å². The quantitative estimate of drug-likeness (QED) is 0.571. The summed E-state index contributed by atoms with van der Waals surface area (Å²) in [7, 11) is 0. The number of nitrogens with zero attached hydrogens (tertiary/aromatic N) is 1. The molecule has 0 saturated heterocycles. The van der Waals surface area contributed by atoms with Gasteiger partial charge in [0.25, 0.3) is 0 Å². The molecular weight excluding hydrogens is 392 g/mol. The van der Waals surface area contributed by atoms with Gasteiger partial charge in [0.15, 0.2) is 0 Å². The van der Waals surface area contributed by atoms with Gasteiger partial charge in [0.2, 0.25) is 11.8 Å². The maximum atomic E-state index is 13.1. The first-order valence-corrected chi connectivity index (χ1v) is 11.8. The number of carbonyl (C=O) groups is 2. The molecule has 0 aliphatic carbocycles. The van der Waals surface area contributed by atoms with Gasteiger partial charge < -0.3 is 10.2 Å². The van der Waals surface area contributed by atoms with E-state index >= 15 is 0 Å². The Bertz CT molecular complexity index is 810. The largest absolute Gasteiger partial charge is 0.352 e. The molecule has 0 radical (unpaired) electrons. The van der Waals surface area contributed by atoms with Gasteiger partial charge in [0.05, 0.1) is 5.75 Å². The molecular formula is C25H34N2O2S. The molecule has 0 fully saturated rings. The van der Waals surface area contributed by atoms with Gasteiger partial charge in [0, 0.05) is 18.3 Å². The molecule has 0 bridgehead atoms. The third kappa shape index (κ3) is 7.52. The zero-order valence-electron chi connectivity index (χ0n) is 18.6. The Labute approximate surface area is 185 Å². The van der Waals surface area contributed by atoms with Crippen LogP contribution in [0.15, 0.2) is 54.6 Å². The van der Waals surface area contributed by atoms with Crippen molar-refractivity contribution in [2.75, 3.05) is 12.3 Å². The van der Waals surface area contributed by atoms with Gasteiger partial charge in [-0.1, -0.05) is 61.5 Å². The molecule has 0 aliphatic rings. The van der Waals surface area contributed by atoms with E-state index in [1.807, 2.05) is 51.1 Å². The fourth-order valence-electron chi connectivity index (χ4n) is 3.14. The van der Waals surface area contributed by atoms with Crippen LogP contribution in [-0.4, -0.2) is 41.1 Å². The van der Waals surface area contributed by atoms with E-state index in [1.165, 1.54) is 11.1 Å². The summed E-state index contributed by atoms with van der Waals surface area (Å²) in [6, 6.07) is 17.9. The fourth-order valence-corrected chi connectivity index (χ4v) is 4.13. The number of rotatable bonds is 11. The van der Waals surface area contributed by atoms with Crippen LogP contribution in [0.25, 0.3) is 0 Å². The molecule has 2 atom stereocenters. The predicted octanol–water partition coefficient (Wildman–Crippen LogP) is 4.60. The molecule has 4 nitrogen and oxygen atoms in total. The van der Waals surface area contributed by atoms with Gasteiger partial charge >= 0.3 is 0 Å². The molecule has 5 heteroatoms. The highest BCUT2D eigenvalue weighted by molar-refractivity contribution is 7.99. The average molecular weight is 427 g/mol. The van der Waals surface area contributed by atoms with Gasteiger partial charge in [-0.05, 0) is 50.3 Å². The van der Waals surface area contributed by atoms with E-state index in [9.17, 15) is 9.59 Å². The van der Waals surface area contributed by atoms with Crippen molar-refractivity contribution in [2.24, 2.45) is 0 Å². The summed E-state index contributed by atoms with van der Waals surface area (Å²) < 4.78 is 0. The second kappa shape index (κ2) is 12.4. The van der Waals surface area contributed by atoms with Crippen LogP contribution in [0.1, 0.15) is 43.9 Å². The molecule has 1 N–H and O–H groups in total. The Balaban J connectivity index is 2.01. The Hall–Kier alpha value is -2.27. The minimum Gasteiger partial charge on any atom is -0.352 e. The number of aryl methyl sites for hydroxylation is 1. The number of thioether (sulfide) groups is 1. The second-order valence-electron chi connectivity index (χ2n) is 7.74. The van der Waals surface area contributed by atoms with E-state index in [2.05, 4.69) is 36.5 Å². The number of nitrogens with one attached hydrogen (secondary N) is 1. The smallest absolute Gasteiger partial charge is 0.242 e. The van der Waals surface area contributed by atoms with Crippen LogP contribution < -0.4 is 5.32 Å². The van der Waals surface area contributed by atoms with Crippen molar-refractivity contribution < 1.29 is 9.59 Å². The summed E-state index contributed by atoms with van der Waals surface area (Å²) in [5.41, 5.74) is 3.64. The third-order valence-corrected chi connectivity index (χ3v) is 6.36. The first kappa shape index (κ1) is 24.0. The molecule has 162 valence electrons. The first-order valence-electron chi connectivity index (χ1n) is 10.7. The zero-order chi connectivity index (χ0) is 21.9. The lowest BCUT2D eigenvalue weighted by molar-refractivity contribution is -0.138. The van der Waals surface area contributed by atoms with E-state index in [4.69, 9.17) is 0 Å². The molecule has 0 aliphatic heterocycles. The number of hydrogen-bond acceptors (Lipinski definition) is 3. The SMILES string of the molecule is CCC(C)NC(=O)C(C)N(CCc1ccccc1)C(=O)CSCc1ccccc1C. The normalized spacial score (nSPS) is 12.8. The van der Waals surface area contributed by atoms with Crippen molar-refractivity contribution >= 4 is 23.6 Å². The zero-order valence-corrected chi connectivity index (χ0v) is 19.4. The standard InChI is InChI=1S/C25H34N2O2S/c1-5-20(3)26-25(29)21(4)27(16-15-22-12-7-6-8-13-22)24(28)18-30-17-23-14-10-9-11-19(23)2/h6-14,20-21H,5,15-18H2,1-4H3,(H,26,29). The summed E-state index contributed by atoms with van der Waals surface area (Å²) in [5, 5.41) is 3.01. The van der Waals surface area contributed by atoms with Crippen molar-refractivity contribution in [2.45, 2.75) is 58.4 Å². The Morgan fingerprint density at radius 3 is 2.37 bits per heavy atom. The van der Waals surface area contributed by atoms with Crippen LogP contribution in [0, 0.1) is 6.92 Å². The molecule has 0 aromatic heterocycles. The summed E-state index contributed by atoms with van der Waals surface area (Å²) >= 11 is 1.60. The molecule has 2 unspecified atom stereocenters. The van der Waals surface area contributed by atoms with E-state index < -0.39 is 6.04 Å². The maximum absolute atomic E-state index is 13.1. The van der Waals surface area contributed by atoms with Gasteiger partial charge in [-0.25, -0.2) is 0 Å². The number of carbonyl (C=O) groups excluding carboxylic acids is 2. The number of benzene rings is 2. The van der Waals surface area contributed by atoms with Crippen LogP contribution in [0.4, 0.5) is 0 Å². The molecule has 2 aromatic carbocycles. The minimum atomic E-state index is -0.491. The lowest BCUT2D eigenvalue weighted by Gasteiger charge is -2.29. The highest BCUT2D eigenvalue weighted by Gasteiger charge is 2.26. The average Bonchev–Trinajstić information content (AvgIpc) is 2.75. The van der Waals surface area contributed by atoms with Crippen LogP contribution in [0.3, 0.4) is 0 Å². The van der Waals surface area contributed by atoms with E-state index in [-0.39, 0.29) is 17.9 Å². The van der Waals surface area contributed by atoms with Crippen molar-refractivity contribution in [1.29, 1.82) is 0 Å². The predicted molar refractivity (Wildman–Crippen MR) is 127 cm³/mol. The Morgan fingerprint density at radius 1 is 1.03 bits per heavy atom. The van der Waals surface area contributed by atoms with Crippen LogP contribution >= 0.6 is 11.8 Å². The highest BCUT2D eigenvalue weighted by Crippen LogP contribution is 2.17. The number of amides is 2. The molecule has 2 aromatic rings. The Kier molecular flexibility index (Phi) is 9.95. The molecule has 2 amide bonds. The fraction of sp³-hybridized carbons (Fsp3) is 0.440. The molecule has 0 heterocycles. The monoisotopic (exact) mass is 426 g/mol. The summed E-state index contributed by atoms with van der Waals surface area (Å²) in [5.74, 6) is 1.08. The molecule has 30 heavy (non-hydrogen) atoms. The van der Waals surface area contributed by atoms with Gasteiger partial charge in [-0.15, -0.1) is 11.8 Å². The van der Waals surface area contributed by atoms with Crippen molar-refractivity contribution in [1.82, 2.24) is 10.2 Å². The molecule has 2 rings (SSSR count). The summed E-state index contributed by atoms with van der Waals surface area (Å²) in [6.07, 6.45) is 1.60. The van der Waals surface area contributed by atoms with Gasteiger partial charge in [0.1, 0.15) is 6.04 Å². The minimum absolute atomic E-state index is 0.0105. The van der Waals surface area contributed by atoms with E-state index in [1.54, 1.807) is 16.7 Å².